The summed E-state index contributed by atoms with van der Waals surface area (Å²) in [5, 5.41) is 9.03. The van der Waals surface area contributed by atoms with Crippen molar-refractivity contribution in [1.29, 1.82) is 0 Å². The molecule has 4 rings (SSSR count). The van der Waals surface area contributed by atoms with Crippen LogP contribution in [0.1, 0.15) is 58.8 Å². The quantitative estimate of drug-likeness (QED) is 0.820. The summed E-state index contributed by atoms with van der Waals surface area (Å²) >= 11 is 0. The number of carbonyl (C=O) groups is 1. The smallest absolute Gasteiger partial charge is 0.303 e. The first kappa shape index (κ1) is 12.5. The van der Waals surface area contributed by atoms with Crippen molar-refractivity contribution in [3.8, 4) is 0 Å². The molecular formula is C16H26O2. The fourth-order valence-electron chi connectivity index (χ4n) is 5.49. The number of hydrogen-bond acceptors (Lipinski definition) is 1. The molecule has 2 nitrogen and oxygen atoms in total. The van der Waals surface area contributed by atoms with Gasteiger partial charge in [0.1, 0.15) is 0 Å². The average Bonchev–Trinajstić information content (AvgIpc) is 2.20. The Morgan fingerprint density at radius 2 is 1.56 bits per heavy atom. The molecule has 0 aromatic heterocycles. The number of carboxylic acid groups (broad SMARTS) is 1. The normalized spacial score (nSPS) is 42.2. The van der Waals surface area contributed by atoms with Gasteiger partial charge in [0.05, 0.1) is 6.42 Å². The van der Waals surface area contributed by atoms with E-state index in [9.17, 15) is 4.79 Å². The van der Waals surface area contributed by atoms with Gasteiger partial charge in [0, 0.05) is 0 Å². The Balaban J connectivity index is 1.68. The molecule has 0 amide bonds. The predicted octanol–water partition coefficient (Wildman–Crippen LogP) is 3.95. The number of hydrogen-bond donors (Lipinski definition) is 1. The lowest BCUT2D eigenvalue weighted by molar-refractivity contribution is -0.140. The Hall–Kier alpha value is -0.530. The molecule has 4 aliphatic rings. The van der Waals surface area contributed by atoms with Gasteiger partial charge < -0.3 is 5.11 Å². The van der Waals surface area contributed by atoms with E-state index in [0.29, 0.717) is 6.42 Å². The molecular weight excluding hydrogens is 224 g/mol. The highest BCUT2D eigenvalue weighted by Gasteiger charge is 2.49. The first-order chi connectivity index (χ1) is 8.43. The minimum Gasteiger partial charge on any atom is -0.481 e. The van der Waals surface area contributed by atoms with E-state index >= 15 is 0 Å². The molecule has 4 fully saturated rings. The number of rotatable bonds is 4. The Morgan fingerprint density at radius 1 is 1.06 bits per heavy atom. The van der Waals surface area contributed by atoms with Gasteiger partial charge in [0.2, 0.25) is 0 Å². The summed E-state index contributed by atoms with van der Waals surface area (Å²) in [6, 6.07) is 0. The van der Waals surface area contributed by atoms with Crippen LogP contribution in [-0.2, 0) is 4.79 Å². The highest BCUT2D eigenvalue weighted by Crippen LogP contribution is 2.58. The molecule has 0 saturated heterocycles. The van der Waals surface area contributed by atoms with E-state index in [4.69, 9.17) is 5.11 Å². The number of aliphatic carboxylic acids is 1. The minimum atomic E-state index is -0.635. The van der Waals surface area contributed by atoms with Gasteiger partial charge in [-0.3, -0.25) is 4.79 Å². The van der Waals surface area contributed by atoms with E-state index in [-0.39, 0.29) is 5.41 Å². The van der Waals surface area contributed by atoms with E-state index in [1.165, 1.54) is 32.1 Å². The van der Waals surface area contributed by atoms with Gasteiger partial charge in [-0.25, -0.2) is 0 Å². The second-order valence-electron chi connectivity index (χ2n) is 8.03. The fraction of sp³-hybridized carbons (Fsp3) is 0.938. The molecule has 2 heteroatoms. The summed E-state index contributed by atoms with van der Waals surface area (Å²) in [5.41, 5.74) is -0.0220. The molecule has 0 radical (unpaired) electrons. The van der Waals surface area contributed by atoms with Gasteiger partial charge >= 0.3 is 5.97 Å². The lowest BCUT2D eigenvalue weighted by Crippen LogP contribution is -2.46. The van der Waals surface area contributed by atoms with Crippen LogP contribution < -0.4 is 0 Å². The zero-order valence-corrected chi connectivity index (χ0v) is 11.7. The fourth-order valence-corrected chi connectivity index (χ4v) is 5.49. The molecule has 0 spiro atoms. The van der Waals surface area contributed by atoms with Gasteiger partial charge in [-0.05, 0) is 73.5 Å². The molecule has 4 aliphatic carbocycles. The van der Waals surface area contributed by atoms with Crippen LogP contribution in [0.25, 0.3) is 0 Å². The predicted molar refractivity (Wildman–Crippen MR) is 71.2 cm³/mol. The molecule has 0 unspecified atom stereocenters. The molecule has 0 aromatic rings. The van der Waals surface area contributed by atoms with Gasteiger partial charge in [-0.2, -0.15) is 0 Å². The summed E-state index contributed by atoms with van der Waals surface area (Å²) in [7, 11) is 0. The van der Waals surface area contributed by atoms with Crippen LogP contribution in [-0.4, -0.2) is 11.1 Å². The third-order valence-corrected chi connectivity index (χ3v) is 5.84. The summed E-state index contributed by atoms with van der Waals surface area (Å²) in [6.45, 7) is 4.29. The molecule has 0 heterocycles. The largest absolute Gasteiger partial charge is 0.481 e. The third-order valence-electron chi connectivity index (χ3n) is 5.84. The van der Waals surface area contributed by atoms with E-state index in [2.05, 4.69) is 13.8 Å². The molecule has 1 N–H and O–H groups in total. The van der Waals surface area contributed by atoms with Crippen LogP contribution >= 0.6 is 0 Å². The molecule has 4 bridgehead atoms. The van der Waals surface area contributed by atoms with Crippen LogP contribution in [0.2, 0.25) is 0 Å². The monoisotopic (exact) mass is 250 g/mol. The average molecular weight is 250 g/mol. The molecule has 0 atom stereocenters. The van der Waals surface area contributed by atoms with Crippen LogP contribution in [0, 0.1) is 35.0 Å². The van der Waals surface area contributed by atoms with Crippen molar-refractivity contribution in [2.24, 2.45) is 35.0 Å². The lowest BCUT2D eigenvalue weighted by atomic mass is 9.50. The van der Waals surface area contributed by atoms with Gasteiger partial charge in [0.25, 0.3) is 0 Å². The maximum absolute atomic E-state index is 11.0. The van der Waals surface area contributed by atoms with Gasteiger partial charge in [0.15, 0.2) is 0 Å². The van der Waals surface area contributed by atoms with Crippen molar-refractivity contribution in [3.05, 3.63) is 0 Å². The SMILES string of the molecule is CC(C)(CC(=O)O)CC1C2CC3CC(C2)CC1C3. The van der Waals surface area contributed by atoms with Gasteiger partial charge in [-0.15, -0.1) is 0 Å². The Bertz CT molecular complexity index is 317. The maximum Gasteiger partial charge on any atom is 0.303 e. The van der Waals surface area contributed by atoms with E-state index < -0.39 is 5.97 Å². The standard InChI is InChI=1S/C16H26O2/c1-16(2,9-15(17)18)8-14-12-4-10-3-11(6-12)7-13(14)5-10/h10-14H,3-9H2,1-2H3,(H,17,18). The second kappa shape index (κ2) is 4.25. The van der Waals surface area contributed by atoms with Crippen LogP contribution in [0.5, 0.6) is 0 Å². The van der Waals surface area contributed by atoms with Crippen LogP contribution in [0.15, 0.2) is 0 Å². The Morgan fingerprint density at radius 3 is 2.00 bits per heavy atom. The first-order valence-corrected chi connectivity index (χ1v) is 7.65. The molecule has 4 saturated carbocycles. The minimum absolute atomic E-state index is 0.0220. The Kier molecular flexibility index (Phi) is 2.95. The first-order valence-electron chi connectivity index (χ1n) is 7.65. The summed E-state index contributed by atoms with van der Waals surface area (Å²) in [6.07, 6.45) is 8.74. The highest BCUT2D eigenvalue weighted by atomic mass is 16.4. The van der Waals surface area contributed by atoms with Crippen molar-refractivity contribution >= 4 is 5.97 Å². The summed E-state index contributed by atoms with van der Waals surface area (Å²) in [5.74, 6) is 4.08. The Labute approximate surface area is 110 Å². The highest BCUT2D eigenvalue weighted by molar-refractivity contribution is 5.67. The zero-order valence-electron chi connectivity index (χ0n) is 11.7. The molecule has 0 aliphatic heterocycles. The van der Waals surface area contributed by atoms with Crippen LogP contribution in [0.3, 0.4) is 0 Å². The number of carboxylic acids is 1. The molecule has 102 valence electrons. The summed E-state index contributed by atoms with van der Waals surface area (Å²) in [4.78, 5) is 11.0. The van der Waals surface area contributed by atoms with Crippen molar-refractivity contribution in [3.63, 3.8) is 0 Å². The maximum atomic E-state index is 11.0. The zero-order chi connectivity index (χ0) is 12.9. The second-order valence-corrected chi connectivity index (χ2v) is 8.03. The van der Waals surface area contributed by atoms with E-state index in [0.717, 1.165) is 36.0 Å². The topological polar surface area (TPSA) is 37.3 Å². The van der Waals surface area contributed by atoms with Crippen molar-refractivity contribution < 1.29 is 9.90 Å². The summed E-state index contributed by atoms with van der Waals surface area (Å²) < 4.78 is 0. The van der Waals surface area contributed by atoms with Gasteiger partial charge in [-0.1, -0.05) is 13.8 Å². The lowest BCUT2D eigenvalue weighted by Gasteiger charge is -2.55. The third kappa shape index (κ3) is 2.31. The van der Waals surface area contributed by atoms with Crippen molar-refractivity contribution in [1.82, 2.24) is 0 Å². The van der Waals surface area contributed by atoms with Crippen LogP contribution in [0.4, 0.5) is 0 Å². The van der Waals surface area contributed by atoms with Crippen molar-refractivity contribution in [2.75, 3.05) is 0 Å². The molecule has 0 aromatic carbocycles. The van der Waals surface area contributed by atoms with Crippen molar-refractivity contribution in [2.45, 2.75) is 58.8 Å². The van der Waals surface area contributed by atoms with E-state index in [1.807, 2.05) is 0 Å². The van der Waals surface area contributed by atoms with E-state index in [1.54, 1.807) is 0 Å². The molecule has 18 heavy (non-hydrogen) atoms.